The zero-order valence-electron chi connectivity index (χ0n) is 11.2. The average molecular weight is 326 g/mol. The van der Waals surface area contributed by atoms with E-state index in [-0.39, 0.29) is 5.82 Å². The summed E-state index contributed by atoms with van der Waals surface area (Å²) in [6.45, 7) is 0.435. The zero-order chi connectivity index (χ0) is 14.8. The van der Waals surface area contributed by atoms with Crippen molar-refractivity contribution in [3.05, 3.63) is 57.8 Å². The third kappa shape index (κ3) is 3.49. The van der Waals surface area contributed by atoms with E-state index in [9.17, 15) is 4.39 Å². The monoisotopic (exact) mass is 325 g/mol. The Morgan fingerprint density at radius 1 is 1.10 bits per heavy atom. The molecule has 5 heteroatoms. The van der Waals surface area contributed by atoms with Crippen LogP contribution in [0, 0.1) is 5.82 Å². The summed E-state index contributed by atoms with van der Waals surface area (Å²) in [4.78, 5) is 0. The average Bonchev–Trinajstić information content (AvgIpc) is 3.27. The lowest BCUT2D eigenvalue weighted by molar-refractivity contribution is 0.462. The highest BCUT2D eigenvalue weighted by molar-refractivity contribution is 6.42. The van der Waals surface area contributed by atoms with Gasteiger partial charge in [-0.3, -0.25) is 0 Å². The highest BCUT2D eigenvalue weighted by Crippen LogP contribution is 2.36. The van der Waals surface area contributed by atoms with Crippen LogP contribution in [-0.2, 0) is 6.54 Å². The second-order valence-corrected chi connectivity index (χ2v) is 5.81. The van der Waals surface area contributed by atoms with E-state index in [1.165, 1.54) is 6.07 Å². The summed E-state index contributed by atoms with van der Waals surface area (Å²) >= 11 is 12.1. The van der Waals surface area contributed by atoms with Crippen molar-refractivity contribution in [2.75, 3.05) is 0 Å². The number of halogens is 3. The van der Waals surface area contributed by atoms with Gasteiger partial charge in [-0.2, -0.15) is 0 Å². The van der Waals surface area contributed by atoms with Gasteiger partial charge in [-0.15, -0.1) is 0 Å². The summed E-state index contributed by atoms with van der Waals surface area (Å²) in [5, 5.41) is 4.02. The molecule has 0 heterocycles. The fraction of sp³-hybridized carbons (Fsp3) is 0.250. The van der Waals surface area contributed by atoms with Crippen LogP contribution in [0.2, 0.25) is 10.0 Å². The van der Waals surface area contributed by atoms with Crippen molar-refractivity contribution >= 4 is 23.2 Å². The molecule has 2 aromatic rings. The number of benzene rings is 2. The van der Waals surface area contributed by atoms with Crippen molar-refractivity contribution in [2.45, 2.75) is 25.4 Å². The van der Waals surface area contributed by atoms with Crippen LogP contribution in [0.15, 0.2) is 36.4 Å². The molecule has 1 aliphatic carbocycles. The van der Waals surface area contributed by atoms with E-state index in [1.807, 2.05) is 0 Å². The zero-order valence-corrected chi connectivity index (χ0v) is 12.7. The minimum Gasteiger partial charge on any atom is -0.455 e. The first-order valence-electron chi connectivity index (χ1n) is 6.78. The van der Waals surface area contributed by atoms with Crippen LogP contribution in [0.4, 0.5) is 4.39 Å². The molecular weight excluding hydrogens is 312 g/mol. The molecule has 0 atom stereocenters. The van der Waals surface area contributed by atoms with Crippen LogP contribution in [0.5, 0.6) is 11.5 Å². The first-order valence-corrected chi connectivity index (χ1v) is 7.53. The van der Waals surface area contributed by atoms with Gasteiger partial charge < -0.3 is 10.1 Å². The van der Waals surface area contributed by atoms with Gasteiger partial charge in [-0.25, -0.2) is 4.39 Å². The molecular formula is C16H14Cl2FNO. The Labute approximate surface area is 132 Å². The Bertz CT molecular complexity index is 659. The lowest BCUT2D eigenvalue weighted by Gasteiger charge is -2.14. The van der Waals surface area contributed by atoms with Crippen LogP contribution in [0.3, 0.4) is 0 Å². The first-order chi connectivity index (χ1) is 10.1. The number of hydrogen-bond donors (Lipinski definition) is 1. The van der Waals surface area contributed by atoms with Gasteiger partial charge in [0, 0.05) is 18.2 Å². The van der Waals surface area contributed by atoms with E-state index in [0.29, 0.717) is 39.7 Å². The van der Waals surface area contributed by atoms with Gasteiger partial charge in [0.2, 0.25) is 0 Å². The van der Waals surface area contributed by atoms with Crippen LogP contribution in [0.1, 0.15) is 18.4 Å². The second kappa shape index (κ2) is 6.22. The van der Waals surface area contributed by atoms with Gasteiger partial charge in [-0.05, 0) is 37.1 Å². The van der Waals surface area contributed by atoms with Gasteiger partial charge >= 0.3 is 0 Å². The SMILES string of the molecule is Fc1cccc(Oc2cccc(Cl)c2Cl)c1CNC1CC1. The number of hydrogen-bond acceptors (Lipinski definition) is 2. The molecule has 3 rings (SSSR count). The highest BCUT2D eigenvalue weighted by Gasteiger charge is 2.22. The summed E-state index contributed by atoms with van der Waals surface area (Å²) in [6, 6.07) is 10.4. The van der Waals surface area contributed by atoms with E-state index in [1.54, 1.807) is 30.3 Å². The largest absolute Gasteiger partial charge is 0.455 e. The van der Waals surface area contributed by atoms with Gasteiger partial charge in [0.15, 0.2) is 0 Å². The third-order valence-electron chi connectivity index (χ3n) is 3.36. The van der Waals surface area contributed by atoms with Crippen molar-refractivity contribution in [3.63, 3.8) is 0 Å². The first kappa shape index (κ1) is 14.6. The maximum absolute atomic E-state index is 14.0. The Kier molecular flexibility index (Phi) is 4.34. The number of ether oxygens (including phenoxy) is 1. The number of rotatable bonds is 5. The minimum atomic E-state index is -0.293. The normalized spacial score (nSPS) is 14.2. The lowest BCUT2D eigenvalue weighted by atomic mass is 10.2. The summed E-state index contributed by atoms with van der Waals surface area (Å²) in [7, 11) is 0. The molecule has 0 aromatic heterocycles. The van der Waals surface area contributed by atoms with Gasteiger partial charge in [-0.1, -0.05) is 35.3 Å². The van der Waals surface area contributed by atoms with E-state index >= 15 is 0 Å². The molecule has 0 spiro atoms. The van der Waals surface area contributed by atoms with E-state index < -0.39 is 0 Å². The Balaban J connectivity index is 1.86. The van der Waals surface area contributed by atoms with Crippen molar-refractivity contribution in [3.8, 4) is 11.5 Å². The highest BCUT2D eigenvalue weighted by atomic mass is 35.5. The Morgan fingerprint density at radius 2 is 1.81 bits per heavy atom. The standard InChI is InChI=1S/C16H14Cl2FNO/c17-12-3-1-6-15(16(12)18)21-14-5-2-4-13(19)11(14)9-20-10-7-8-10/h1-6,10,20H,7-9H2. The topological polar surface area (TPSA) is 21.3 Å². The van der Waals surface area contributed by atoms with Crippen LogP contribution >= 0.6 is 23.2 Å². The van der Waals surface area contributed by atoms with Gasteiger partial charge in [0.1, 0.15) is 22.3 Å². The predicted octanol–water partition coefficient (Wildman–Crippen LogP) is 5.18. The third-order valence-corrected chi connectivity index (χ3v) is 4.16. The predicted molar refractivity (Wildman–Crippen MR) is 82.8 cm³/mol. The summed E-state index contributed by atoms with van der Waals surface area (Å²) in [5.41, 5.74) is 0.500. The molecule has 1 saturated carbocycles. The summed E-state index contributed by atoms with van der Waals surface area (Å²) < 4.78 is 19.8. The van der Waals surface area contributed by atoms with E-state index in [2.05, 4.69) is 5.32 Å². The molecule has 2 nitrogen and oxygen atoms in total. The Morgan fingerprint density at radius 3 is 2.57 bits per heavy atom. The molecule has 2 aromatic carbocycles. The van der Waals surface area contributed by atoms with Gasteiger partial charge in [0.25, 0.3) is 0 Å². The van der Waals surface area contributed by atoms with Gasteiger partial charge in [0.05, 0.1) is 5.02 Å². The van der Waals surface area contributed by atoms with Crippen molar-refractivity contribution in [1.29, 1.82) is 0 Å². The van der Waals surface area contributed by atoms with Crippen LogP contribution < -0.4 is 10.1 Å². The molecule has 110 valence electrons. The molecule has 0 radical (unpaired) electrons. The minimum absolute atomic E-state index is 0.293. The number of nitrogens with one attached hydrogen (secondary N) is 1. The van der Waals surface area contributed by atoms with Crippen molar-refractivity contribution in [2.24, 2.45) is 0 Å². The molecule has 0 unspecified atom stereocenters. The quantitative estimate of drug-likeness (QED) is 0.818. The molecule has 1 fully saturated rings. The lowest BCUT2D eigenvalue weighted by Crippen LogP contribution is -2.16. The smallest absolute Gasteiger partial charge is 0.147 e. The molecule has 1 N–H and O–H groups in total. The second-order valence-electron chi connectivity index (χ2n) is 5.03. The Hall–Kier alpha value is -1.29. The van der Waals surface area contributed by atoms with Crippen molar-refractivity contribution < 1.29 is 9.13 Å². The molecule has 1 aliphatic rings. The molecule has 0 bridgehead atoms. The fourth-order valence-corrected chi connectivity index (χ4v) is 2.35. The molecule has 0 aliphatic heterocycles. The van der Waals surface area contributed by atoms with Crippen LogP contribution in [-0.4, -0.2) is 6.04 Å². The maximum atomic E-state index is 14.0. The van der Waals surface area contributed by atoms with Crippen LogP contribution in [0.25, 0.3) is 0 Å². The molecule has 0 saturated heterocycles. The van der Waals surface area contributed by atoms with E-state index in [4.69, 9.17) is 27.9 Å². The fourth-order valence-electron chi connectivity index (χ4n) is 2.02. The summed E-state index contributed by atoms with van der Waals surface area (Å²) in [5.74, 6) is 0.577. The summed E-state index contributed by atoms with van der Waals surface area (Å²) in [6.07, 6.45) is 2.29. The van der Waals surface area contributed by atoms with E-state index in [0.717, 1.165) is 12.8 Å². The van der Waals surface area contributed by atoms with Crippen molar-refractivity contribution in [1.82, 2.24) is 5.32 Å². The molecule has 0 amide bonds. The maximum Gasteiger partial charge on any atom is 0.147 e. The molecule has 21 heavy (non-hydrogen) atoms.